The Kier molecular flexibility index (Phi) is 5.12. The fraction of sp³-hybridized carbons (Fsp3) is 0.167. The van der Waals surface area contributed by atoms with Crippen LogP contribution in [0.2, 0.25) is 5.02 Å². The van der Waals surface area contributed by atoms with E-state index < -0.39 is 5.97 Å². The van der Waals surface area contributed by atoms with Gasteiger partial charge < -0.3 is 9.15 Å². The Bertz CT molecular complexity index is 1290. The molecule has 0 unspecified atom stereocenters. The van der Waals surface area contributed by atoms with Crippen LogP contribution in [-0.2, 0) is 22.6 Å². The molecule has 0 bridgehead atoms. The molecule has 146 valence electrons. The van der Waals surface area contributed by atoms with E-state index in [9.17, 15) is 9.59 Å². The normalized spacial score (nSPS) is 11.1. The van der Waals surface area contributed by atoms with Gasteiger partial charge in [0, 0.05) is 10.6 Å². The topological polar surface area (TPSA) is 56.5 Å². The van der Waals surface area contributed by atoms with E-state index in [2.05, 4.69) is 0 Å². The number of esters is 1. The minimum Gasteiger partial charge on any atom is -0.461 e. The highest BCUT2D eigenvalue weighted by Gasteiger charge is 2.15. The van der Waals surface area contributed by atoms with Crippen molar-refractivity contribution in [3.8, 4) is 0 Å². The van der Waals surface area contributed by atoms with Gasteiger partial charge in [0.25, 0.3) is 0 Å². The summed E-state index contributed by atoms with van der Waals surface area (Å²) in [6.07, 6.45) is 0.0181. The van der Waals surface area contributed by atoms with Crippen molar-refractivity contribution < 1.29 is 13.9 Å². The van der Waals surface area contributed by atoms with Crippen LogP contribution in [0.5, 0.6) is 0 Å². The highest BCUT2D eigenvalue weighted by Crippen LogP contribution is 2.26. The smallest absolute Gasteiger partial charge is 0.310 e. The first kappa shape index (κ1) is 19.2. The summed E-state index contributed by atoms with van der Waals surface area (Å²) in [5, 5.41) is 1.63. The molecule has 0 aliphatic heterocycles. The summed E-state index contributed by atoms with van der Waals surface area (Å²) >= 11 is 5.87. The van der Waals surface area contributed by atoms with Crippen molar-refractivity contribution in [3.63, 3.8) is 0 Å². The Morgan fingerprint density at radius 3 is 2.45 bits per heavy atom. The van der Waals surface area contributed by atoms with Gasteiger partial charge in [-0.05, 0) is 54.8 Å². The molecule has 0 amide bonds. The molecule has 29 heavy (non-hydrogen) atoms. The first-order valence-corrected chi connectivity index (χ1v) is 9.66. The largest absolute Gasteiger partial charge is 0.461 e. The van der Waals surface area contributed by atoms with Crippen LogP contribution in [0.4, 0.5) is 0 Å². The third-order valence-corrected chi connectivity index (χ3v) is 5.37. The molecule has 4 nitrogen and oxygen atoms in total. The Balaban J connectivity index is 1.66. The number of hydrogen-bond acceptors (Lipinski definition) is 4. The molecule has 4 rings (SSSR count). The lowest BCUT2D eigenvalue weighted by molar-refractivity contribution is -0.144. The Labute approximate surface area is 172 Å². The third-order valence-electron chi connectivity index (χ3n) is 5.11. The van der Waals surface area contributed by atoms with Crippen molar-refractivity contribution in [1.82, 2.24) is 0 Å². The molecule has 0 fully saturated rings. The third kappa shape index (κ3) is 3.76. The van der Waals surface area contributed by atoms with Gasteiger partial charge in [0.05, 0.1) is 17.2 Å². The van der Waals surface area contributed by atoms with E-state index in [0.29, 0.717) is 32.5 Å². The number of halogens is 1. The van der Waals surface area contributed by atoms with E-state index in [1.165, 1.54) is 0 Å². The summed E-state index contributed by atoms with van der Waals surface area (Å²) in [4.78, 5) is 25.3. The van der Waals surface area contributed by atoms with Gasteiger partial charge in [-0.2, -0.15) is 0 Å². The minimum absolute atomic E-state index is 0.0181. The van der Waals surface area contributed by atoms with Gasteiger partial charge in [0.1, 0.15) is 17.8 Å². The standard InChI is InChI=1S/C24H19ClO4/c1-14-6-11-20-22(27)19-5-3-4-17(24(19)29-23(20)15(14)2)12-21(26)28-13-16-7-9-18(25)10-8-16/h3-11H,12-13H2,1-2H3. The van der Waals surface area contributed by atoms with Gasteiger partial charge in [-0.1, -0.05) is 41.9 Å². The van der Waals surface area contributed by atoms with Gasteiger partial charge in [-0.15, -0.1) is 0 Å². The molecule has 0 aliphatic carbocycles. The maximum absolute atomic E-state index is 12.9. The number of ether oxygens (including phenoxy) is 1. The van der Waals surface area contributed by atoms with E-state index in [1.807, 2.05) is 32.0 Å². The molecule has 5 heteroatoms. The number of carbonyl (C=O) groups is 1. The highest BCUT2D eigenvalue weighted by molar-refractivity contribution is 6.30. The van der Waals surface area contributed by atoms with E-state index in [-0.39, 0.29) is 18.5 Å². The molecule has 4 aromatic rings. The molecule has 0 atom stereocenters. The maximum Gasteiger partial charge on any atom is 0.310 e. The fourth-order valence-electron chi connectivity index (χ4n) is 3.32. The molecule has 1 heterocycles. The van der Waals surface area contributed by atoms with Crippen LogP contribution in [0.15, 0.2) is 63.8 Å². The summed E-state index contributed by atoms with van der Waals surface area (Å²) in [5.41, 5.74) is 4.33. The van der Waals surface area contributed by atoms with Crippen molar-refractivity contribution >= 4 is 39.5 Å². The average Bonchev–Trinajstić information content (AvgIpc) is 2.71. The Hall–Kier alpha value is -3.11. The average molecular weight is 407 g/mol. The van der Waals surface area contributed by atoms with Crippen molar-refractivity contribution in [2.45, 2.75) is 26.9 Å². The van der Waals surface area contributed by atoms with Crippen LogP contribution >= 0.6 is 11.6 Å². The number of fused-ring (bicyclic) bond motifs is 2. The van der Waals surface area contributed by atoms with E-state index in [0.717, 1.165) is 16.7 Å². The first-order chi connectivity index (χ1) is 13.9. The lowest BCUT2D eigenvalue weighted by Crippen LogP contribution is -2.10. The molecule has 0 aliphatic rings. The first-order valence-electron chi connectivity index (χ1n) is 9.29. The van der Waals surface area contributed by atoms with Crippen molar-refractivity contribution in [1.29, 1.82) is 0 Å². The molecule has 0 N–H and O–H groups in total. The summed E-state index contributed by atoms with van der Waals surface area (Å²) in [5.74, 6) is -0.392. The maximum atomic E-state index is 12.9. The number of rotatable bonds is 4. The predicted molar refractivity (Wildman–Crippen MR) is 114 cm³/mol. The lowest BCUT2D eigenvalue weighted by atomic mass is 10.0. The molecule has 0 saturated carbocycles. The molecular formula is C24H19ClO4. The number of hydrogen-bond donors (Lipinski definition) is 0. The second-order valence-corrected chi connectivity index (χ2v) is 7.51. The number of aryl methyl sites for hydroxylation is 2. The number of para-hydroxylation sites is 1. The highest BCUT2D eigenvalue weighted by atomic mass is 35.5. The van der Waals surface area contributed by atoms with Gasteiger partial charge in [-0.25, -0.2) is 0 Å². The van der Waals surface area contributed by atoms with E-state index in [1.54, 1.807) is 36.4 Å². The molecular weight excluding hydrogens is 388 g/mol. The quantitative estimate of drug-likeness (QED) is 0.331. The fourth-order valence-corrected chi connectivity index (χ4v) is 3.45. The molecule has 0 saturated heterocycles. The van der Waals surface area contributed by atoms with Gasteiger partial charge in [-0.3, -0.25) is 9.59 Å². The zero-order valence-electron chi connectivity index (χ0n) is 16.1. The van der Waals surface area contributed by atoms with Gasteiger partial charge in [0.15, 0.2) is 0 Å². The van der Waals surface area contributed by atoms with E-state index >= 15 is 0 Å². The summed E-state index contributed by atoms with van der Waals surface area (Å²) < 4.78 is 11.5. The number of carbonyl (C=O) groups excluding carboxylic acids is 1. The Morgan fingerprint density at radius 2 is 1.69 bits per heavy atom. The van der Waals surface area contributed by atoms with Crippen LogP contribution < -0.4 is 5.43 Å². The summed E-state index contributed by atoms with van der Waals surface area (Å²) in [7, 11) is 0. The van der Waals surface area contributed by atoms with Gasteiger partial charge >= 0.3 is 5.97 Å². The van der Waals surface area contributed by atoms with Crippen molar-refractivity contribution in [3.05, 3.63) is 92.1 Å². The molecule has 1 aromatic heterocycles. The second kappa shape index (κ2) is 7.72. The zero-order chi connectivity index (χ0) is 20.5. The summed E-state index contributed by atoms with van der Waals surface area (Å²) in [6.45, 7) is 4.06. The minimum atomic E-state index is -0.392. The monoisotopic (exact) mass is 406 g/mol. The summed E-state index contributed by atoms with van der Waals surface area (Å²) in [6, 6.07) is 16.1. The van der Waals surface area contributed by atoms with Crippen LogP contribution in [0.1, 0.15) is 22.3 Å². The second-order valence-electron chi connectivity index (χ2n) is 7.07. The van der Waals surface area contributed by atoms with Crippen molar-refractivity contribution in [2.24, 2.45) is 0 Å². The zero-order valence-corrected chi connectivity index (χ0v) is 16.9. The van der Waals surface area contributed by atoms with Crippen LogP contribution in [0, 0.1) is 13.8 Å². The van der Waals surface area contributed by atoms with Crippen LogP contribution in [0.3, 0.4) is 0 Å². The number of benzene rings is 3. The van der Waals surface area contributed by atoms with Crippen LogP contribution in [0.25, 0.3) is 21.9 Å². The lowest BCUT2D eigenvalue weighted by Gasteiger charge is -2.10. The van der Waals surface area contributed by atoms with Crippen molar-refractivity contribution in [2.75, 3.05) is 0 Å². The molecule has 0 spiro atoms. The molecule has 3 aromatic carbocycles. The SMILES string of the molecule is Cc1ccc2c(=O)c3cccc(CC(=O)OCc4ccc(Cl)cc4)c3oc2c1C. The van der Waals surface area contributed by atoms with E-state index in [4.69, 9.17) is 20.8 Å². The van der Waals surface area contributed by atoms with Crippen LogP contribution in [-0.4, -0.2) is 5.97 Å². The molecule has 0 radical (unpaired) electrons. The predicted octanol–water partition coefficient (Wildman–Crippen LogP) is 5.50. The Morgan fingerprint density at radius 1 is 0.966 bits per heavy atom. The van der Waals surface area contributed by atoms with Gasteiger partial charge in [0.2, 0.25) is 5.43 Å².